The summed E-state index contributed by atoms with van der Waals surface area (Å²) in [6.45, 7) is 4.98. The molecule has 0 amide bonds. The fourth-order valence-electron chi connectivity index (χ4n) is 1.52. The van der Waals surface area contributed by atoms with Crippen molar-refractivity contribution in [3.63, 3.8) is 0 Å². The highest BCUT2D eigenvalue weighted by Gasteiger charge is 2.05. The lowest BCUT2D eigenvalue weighted by molar-refractivity contribution is 0.192. The highest BCUT2D eigenvalue weighted by atomic mass is 16.5. The zero-order valence-electron chi connectivity index (χ0n) is 10.9. The maximum absolute atomic E-state index is 5.53. The molecule has 1 N–H and O–H groups in total. The van der Waals surface area contributed by atoms with Gasteiger partial charge in [0.2, 0.25) is 11.8 Å². The van der Waals surface area contributed by atoms with Gasteiger partial charge < -0.3 is 14.5 Å². The fraction of sp³-hybridized carbons (Fsp3) is 0.833. The van der Waals surface area contributed by atoms with Crippen molar-refractivity contribution in [3.8, 4) is 0 Å². The zero-order chi connectivity index (χ0) is 12.3. The molecule has 0 bridgehead atoms. The Balaban J connectivity index is 2.12. The Morgan fingerprint density at radius 2 is 1.82 bits per heavy atom. The maximum Gasteiger partial charge on any atom is 0.216 e. The van der Waals surface area contributed by atoms with Gasteiger partial charge in [0.25, 0.3) is 0 Å². The van der Waals surface area contributed by atoms with Crippen LogP contribution < -0.4 is 5.32 Å². The van der Waals surface area contributed by atoms with Crippen molar-refractivity contribution in [1.82, 2.24) is 15.5 Å². The van der Waals surface area contributed by atoms with Gasteiger partial charge >= 0.3 is 0 Å². The lowest BCUT2D eigenvalue weighted by atomic mass is 10.3. The highest BCUT2D eigenvalue weighted by Crippen LogP contribution is 2.04. The first-order chi connectivity index (χ1) is 8.36. The Labute approximate surface area is 103 Å². The molecule has 0 aromatic carbocycles. The van der Waals surface area contributed by atoms with Crippen molar-refractivity contribution in [1.29, 1.82) is 0 Å². The molecule has 0 aliphatic rings. The molecular weight excluding hydrogens is 218 g/mol. The number of methoxy groups -OCH3 is 1. The van der Waals surface area contributed by atoms with Gasteiger partial charge in [-0.2, -0.15) is 0 Å². The fourth-order valence-corrected chi connectivity index (χ4v) is 1.52. The average Bonchev–Trinajstić information content (AvgIpc) is 2.77. The summed E-state index contributed by atoms with van der Waals surface area (Å²) in [6, 6.07) is 0. The Hall–Kier alpha value is -0.940. The molecule has 0 saturated carbocycles. The average molecular weight is 241 g/mol. The molecule has 1 aromatic heterocycles. The van der Waals surface area contributed by atoms with E-state index in [0.717, 1.165) is 57.2 Å². The number of rotatable bonds is 10. The lowest BCUT2D eigenvalue weighted by Crippen LogP contribution is -2.16. The van der Waals surface area contributed by atoms with Crippen molar-refractivity contribution in [2.75, 3.05) is 26.8 Å². The first-order valence-electron chi connectivity index (χ1n) is 6.37. The van der Waals surface area contributed by atoms with Gasteiger partial charge in [0.15, 0.2) is 0 Å². The summed E-state index contributed by atoms with van der Waals surface area (Å²) in [5.74, 6) is 1.47. The molecule has 0 aliphatic heterocycles. The van der Waals surface area contributed by atoms with E-state index in [0.29, 0.717) is 0 Å². The van der Waals surface area contributed by atoms with Gasteiger partial charge in [-0.1, -0.05) is 6.92 Å². The van der Waals surface area contributed by atoms with Gasteiger partial charge in [0.05, 0.1) is 0 Å². The van der Waals surface area contributed by atoms with Crippen LogP contribution in [0.1, 0.15) is 38.0 Å². The van der Waals surface area contributed by atoms with Crippen LogP contribution in [0.4, 0.5) is 0 Å². The van der Waals surface area contributed by atoms with Crippen LogP contribution in [0.25, 0.3) is 0 Å². The molecule has 0 spiro atoms. The lowest BCUT2D eigenvalue weighted by Gasteiger charge is -1.99. The summed E-state index contributed by atoms with van der Waals surface area (Å²) in [5, 5.41) is 11.4. The van der Waals surface area contributed by atoms with E-state index < -0.39 is 0 Å². The normalized spacial score (nSPS) is 10.9. The minimum Gasteiger partial charge on any atom is -0.425 e. The van der Waals surface area contributed by atoms with E-state index in [4.69, 9.17) is 9.15 Å². The number of hydrogen-bond acceptors (Lipinski definition) is 5. The molecule has 0 aliphatic carbocycles. The third-order valence-corrected chi connectivity index (χ3v) is 2.42. The molecule has 0 radical (unpaired) electrons. The molecule has 0 saturated heterocycles. The van der Waals surface area contributed by atoms with Crippen LogP contribution in [0, 0.1) is 0 Å². The van der Waals surface area contributed by atoms with Crippen molar-refractivity contribution < 1.29 is 9.15 Å². The molecule has 0 fully saturated rings. The van der Waals surface area contributed by atoms with E-state index in [-0.39, 0.29) is 0 Å². The predicted octanol–water partition coefficient (Wildman–Crippen LogP) is 1.58. The van der Waals surface area contributed by atoms with Gasteiger partial charge in [-0.05, 0) is 32.4 Å². The summed E-state index contributed by atoms with van der Waals surface area (Å²) in [7, 11) is 1.70. The topological polar surface area (TPSA) is 60.2 Å². The third kappa shape index (κ3) is 6.38. The molecule has 17 heavy (non-hydrogen) atoms. The zero-order valence-corrected chi connectivity index (χ0v) is 10.9. The van der Waals surface area contributed by atoms with E-state index in [9.17, 15) is 0 Å². The van der Waals surface area contributed by atoms with E-state index in [1.165, 1.54) is 6.42 Å². The van der Waals surface area contributed by atoms with Crippen LogP contribution in [0.2, 0.25) is 0 Å². The van der Waals surface area contributed by atoms with Gasteiger partial charge in [-0.3, -0.25) is 0 Å². The van der Waals surface area contributed by atoms with Gasteiger partial charge in [-0.15, -0.1) is 10.2 Å². The Morgan fingerprint density at radius 1 is 1.12 bits per heavy atom. The molecule has 5 heteroatoms. The monoisotopic (exact) mass is 241 g/mol. The van der Waals surface area contributed by atoms with Gasteiger partial charge in [0, 0.05) is 26.6 Å². The van der Waals surface area contributed by atoms with E-state index in [1.807, 2.05) is 0 Å². The minimum atomic E-state index is 0.721. The summed E-state index contributed by atoms with van der Waals surface area (Å²) < 4.78 is 10.5. The number of aryl methyl sites for hydroxylation is 2. The third-order valence-electron chi connectivity index (χ3n) is 2.42. The van der Waals surface area contributed by atoms with Crippen LogP contribution >= 0.6 is 0 Å². The van der Waals surface area contributed by atoms with Crippen molar-refractivity contribution in [2.45, 2.75) is 39.0 Å². The van der Waals surface area contributed by atoms with E-state index >= 15 is 0 Å². The van der Waals surface area contributed by atoms with Crippen LogP contribution in [-0.4, -0.2) is 37.0 Å². The number of hydrogen-bond donors (Lipinski definition) is 1. The second-order valence-electron chi connectivity index (χ2n) is 4.04. The Morgan fingerprint density at radius 3 is 2.47 bits per heavy atom. The standard InChI is InChI=1S/C12H23N3O2/c1-3-8-13-9-4-6-11-14-15-12(17-11)7-5-10-16-2/h13H,3-10H2,1-2H3. The van der Waals surface area contributed by atoms with Crippen molar-refractivity contribution in [2.24, 2.45) is 0 Å². The molecule has 1 rings (SSSR count). The SMILES string of the molecule is CCCNCCCc1nnc(CCCOC)o1. The summed E-state index contributed by atoms with van der Waals surface area (Å²) >= 11 is 0. The number of aromatic nitrogens is 2. The number of ether oxygens (including phenoxy) is 1. The Kier molecular flexibility index (Phi) is 7.58. The van der Waals surface area contributed by atoms with Crippen molar-refractivity contribution >= 4 is 0 Å². The molecule has 1 aromatic rings. The van der Waals surface area contributed by atoms with Crippen LogP contribution in [-0.2, 0) is 17.6 Å². The predicted molar refractivity (Wildman–Crippen MR) is 66.0 cm³/mol. The molecular formula is C12H23N3O2. The molecule has 98 valence electrons. The largest absolute Gasteiger partial charge is 0.425 e. The summed E-state index contributed by atoms with van der Waals surface area (Å²) in [5.41, 5.74) is 0. The van der Waals surface area contributed by atoms with Crippen LogP contribution in [0.3, 0.4) is 0 Å². The molecule has 1 heterocycles. The maximum atomic E-state index is 5.53. The summed E-state index contributed by atoms with van der Waals surface area (Å²) in [6.07, 6.45) is 4.79. The van der Waals surface area contributed by atoms with Gasteiger partial charge in [-0.25, -0.2) is 0 Å². The molecule has 5 nitrogen and oxygen atoms in total. The van der Waals surface area contributed by atoms with Gasteiger partial charge in [0.1, 0.15) is 0 Å². The van der Waals surface area contributed by atoms with E-state index in [2.05, 4.69) is 22.4 Å². The van der Waals surface area contributed by atoms with Crippen molar-refractivity contribution in [3.05, 3.63) is 11.8 Å². The number of nitrogens with zero attached hydrogens (tertiary/aromatic N) is 2. The summed E-state index contributed by atoms with van der Waals surface area (Å²) in [4.78, 5) is 0. The molecule has 0 atom stereocenters. The quantitative estimate of drug-likeness (QED) is 0.630. The first-order valence-corrected chi connectivity index (χ1v) is 6.37. The first kappa shape index (κ1) is 14.1. The van der Waals surface area contributed by atoms with Crippen LogP contribution in [0.5, 0.6) is 0 Å². The van der Waals surface area contributed by atoms with E-state index in [1.54, 1.807) is 7.11 Å². The smallest absolute Gasteiger partial charge is 0.216 e. The molecule has 0 unspecified atom stereocenters. The minimum absolute atomic E-state index is 0.721. The van der Waals surface area contributed by atoms with Crippen LogP contribution in [0.15, 0.2) is 4.42 Å². The number of nitrogens with one attached hydrogen (secondary N) is 1. The highest BCUT2D eigenvalue weighted by molar-refractivity contribution is 4.82. The Bertz CT molecular complexity index is 289. The second-order valence-corrected chi connectivity index (χ2v) is 4.04. The second kappa shape index (κ2) is 9.13.